The van der Waals surface area contributed by atoms with E-state index < -0.39 is 0 Å². The summed E-state index contributed by atoms with van der Waals surface area (Å²) >= 11 is 0. The van der Waals surface area contributed by atoms with Crippen molar-refractivity contribution in [2.75, 3.05) is 5.32 Å². The van der Waals surface area contributed by atoms with Gasteiger partial charge in [-0.05, 0) is 47.7 Å². The van der Waals surface area contributed by atoms with Gasteiger partial charge in [0.15, 0.2) is 0 Å². The zero-order valence-electron chi connectivity index (χ0n) is 12.2. The molecule has 0 spiro atoms. The molecule has 0 atom stereocenters. The van der Waals surface area contributed by atoms with Gasteiger partial charge in [-0.1, -0.05) is 0 Å². The zero-order chi connectivity index (χ0) is 16.2. The Labute approximate surface area is 130 Å². The van der Waals surface area contributed by atoms with E-state index >= 15 is 0 Å². The maximum Gasteiger partial charge on any atom is 0.276 e. The topological polar surface area (TPSA) is 108 Å². The number of rotatable bonds is 4. The molecule has 0 saturated carbocycles. The lowest BCUT2D eigenvalue weighted by Crippen LogP contribution is -2.25. The number of carbonyl (C=O) groups is 1. The Morgan fingerprint density at radius 1 is 1.17 bits per heavy atom. The molecule has 0 aliphatic carbocycles. The van der Waals surface area contributed by atoms with E-state index in [0.29, 0.717) is 12.2 Å². The number of carbonyl (C=O) groups excluding carboxylic acids is 1. The van der Waals surface area contributed by atoms with Crippen LogP contribution in [0.3, 0.4) is 0 Å². The van der Waals surface area contributed by atoms with Crippen LogP contribution in [0.5, 0.6) is 0 Å². The van der Waals surface area contributed by atoms with Crippen molar-refractivity contribution in [2.45, 2.75) is 13.5 Å². The first kappa shape index (κ1) is 14.6. The fraction of sp³-hybridized carbons (Fsp3) is 0.143. The summed E-state index contributed by atoms with van der Waals surface area (Å²) < 4.78 is 2.74. The first-order valence-corrected chi connectivity index (χ1v) is 6.90. The van der Waals surface area contributed by atoms with Crippen molar-refractivity contribution in [2.24, 2.45) is 0 Å². The van der Waals surface area contributed by atoms with Crippen molar-refractivity contribution in [3.05, 3.63) is 58.8 Å². The van der Waals surface area contributed by atoms with Crippen LogP contribution in [-0.4, -0.2) is 35.9 Å². The fourth-order valence-corrected chi connectivity index (χ4v) is 1.97. The lowest BCUT2D eigenvalue weighted by Gasteiger charge is -2.07. The van der Waals surface area contributed by atoms with Crippen LogP contribution in [0.1, 0.15) is 17.4 Å². The van der Waals surface area contributed by atoms with Gasteiger partial charge in [0, 0.05) is 18.3 Å². The molecule has 1 aromatic carbocycles. The molecule has 1 amide bonds. The standard InChI is InChI=1S/C14H13N7O2/c1-2-20-13(22)8-7-12(17-20)14(23)16-10-3-5-11(6-4-10)21-9-15-18-19-21/h3-9H,2H2,1H3,(H,16,23). The van der Waals surface area contributed by atoms with Gasteiger partial charge in [0.25, 0.3) is 11.5 Å². The van der Waals surface area contributed by atoms with Gasteiger partial charge in [0.2, 0.25) is 0 Å². The summed E-state index contributed by atoms with van der Waals surface area (Å²) in [6.45, 7) is 2.19. The van der Waals surface area contributed by atoms with Crippen LogP contribution >= 0.6 is 0 Å². The van der Waals surface area contributed by atoms with E-state index in [1.165, 1.54) is 27.8 Å². The van der Waals surface area contributed by atoms with Gasteiger partial charge in [-0.3, -0.25) is 9.59 Å². The molecule has 0 fully saturated rings. The van der Waals surface area contributed by atoms with E-state index in [1.54, 1.807) is 31.2 Å². The van der Waals surface area contributed by atoms with E-state index in [0.717, 1.165) is 5.69 Å². The van der Waals surface area contributed by atoms with Crippen molar-refractivity contribution in [3.8, 4) is 5.69 Å². The van der Waals surface area contributed by atoms with Gasteiger partial charge < -0.3 is 5.32 Å². The van der Waals surface area contributed by atoms with Gasteiger partial charge in [-0.25, -0.2) is 9.36 Å². The van der Waals surface area contributed by atoms with Crippen LogP contribution in [0.15, 0.2) is 47.5 Å². The van der Waals surface area contributed by atoms with Gasteiger partial charge in [-0.15, -0.1) is 5.10 Å². The third-order valence-electron chi connectivity index (χ3n) is 3.14. The number of hydrogen-bond donors (Lipinski definition) is 1. The van der Waals surface area contributed by atoms with Crippen LogP contribution in [0.2, 0.25) is 0 Å². The first-order valence-electron chi connectivity index (χ1n) is 6.90. The third kappa shape index (κ3) is 3.12. The van der Waals surface area contributed by atoms with Crippen LogP contribution in [0, 0.1) is 0 Å². The maximum atomic E-state index is 12.2. The number of hydrogen-bond acceptors (Lipinski definition) is 6. The summed E-state index contributed by atoms with van der Waals surface area (Å²) in [7, 11) is 0. The highest BCUT2D eigenvalue weighted by Crippen LogP contribution is 2.12. The Morgan fingerprint density at radius 2 is 1.96 bits per heavy atom. The number of amides is 1. The minimum Gasteiger partial charge on any atom is -0.321 e. The van der Waals surface area contributed by atoms with Crippen LogP contribution in [0.4, 0.5) is 5.69 Å². The number of benzene rings is 1. The monoisotopic (exact) mass is 311 g/mol. The van der Waals surface area contributed by atoms with Crippen LogP contribution in [0.25, 0.3) is 5.69 Å². The molecule has 1 N–H and O–H groups in total. The van der Waals surface area contributed by atoms with Crippen molar-refractivity contribution < 1.29 is 4.79 Å². The summed E-state index contributed by atoms with van der Waals surface area (Å²) in [6, 6.07) is 9.72. The molecule has 0 radical (unpaired) electrons. The number of aromatic nitrogens is 6. The second kappa shape index (κ2) is 6.18. The second-order valence-electron chi connectivity index (χ2n) is 4.63. The lowest BCUT2D eigenvalue weighted by atomic mass is 10.2. The van der Waals surface area contributed by atoms with E-state index in [2.05, 4.69) is 25.9 Å². The number of nitrogens with one attached hydrogen (secondary N) is 1. The molecule has 9 nitrogen and oxygen atoms in total. The Morgan fingerprint density at radius 3 is 2.61 bits per heavy atom. The minimum atomic E-state index is -0.387. The smallest absolute Gasteiger partial charge is 0.276 e. The molecule has 0 bridgehead atoms. The van der Waals surface area contributed by atoms with E-state index in [-0.39, 0.29) is 17.2 Å². The normalized spacial score (nSPS) is 10.5. The van der Waals surface area contributed by atoms with E-state index in [9.17, 15) is 9.59 Å². The summed E-state index contributed by atoms with van der Waals surface area (Å²) in [6.07, 6.45) is 1.48. The molecule has 9 heteroatoms. The predicted octanol–water partition coefficient (Wildman–Crippen LogP) is 0.491. The first-order chi connectivity index (χ1) is 11.2. The largest absolute Gasteiger partial charge is 0.321 e. The fourth-order valence-electron chi connectivity index (χ4n) is 1.97. The Kier molecular flexibility index (Phi) is 3.91. The highest BCUT2D eigenvalue weighted by Gasteiger charge is 2.09. The molecular weight excluding hydrogens is 298 g/mol. The quantitative estimate of drug-likeness (QED) is 0.751. The molecule has 2 aromatic heterocycles. The minimum absolute atomic E-state index is 0.177. The molecule has 3 rings (SSSR count). The van der Waals surface area contributed by atoms with Crippen molar-refractivity contribution in [3.63, 3.8) is 0 Å². The summed E-state index contributed by atoms with van der Waals surface area (Å²) in [4.78, 5) is 23.7. The number of aryl methyl sites for hydroxylation is 1. The number of anilines is 1. The molecule has 116 valence electrons. The molecule has 0 aliphatic rings. The predicted molar refractivity (Wildman–Crippen MR) is 81.3 cm³/mol. The average molecular weight is 311 g/mol. The zero-order valence-corrected chi connectivity index (χ0v) is 12.2. The molecular formula is C14H13N7O2. The Bertz CT molecular complexity index is 869. The summed E-state index contributed by atoms with van der Waals surface area (Å²) in [5.41, 5.74) is 1.30. The average Bonchev–Trinajstić information content (AvgIpc) is 3.10. The van der Waals surface area contributed by atoms with Gasteiger partial charge in [0.1, 0.15) is 12.0 Å². The number of tetrazole rings is 1. The SMILES string of the molecule is CCn1nc(C(=O)Nc2ccc(-n3cnnn3)cc2)ccc1=O. The van der Waals surface area contributed by atoms with Gasteiger partial charge in [0.05, 0.1) is 5.69 Å². The third-order valence-corrected chi connectivity index (χ3v) is 3.14. The Hall–Kier alpha value is -3.36. The maximum absolute atomic E-state index is 12.2. The van der Waals surface area contributed by atoms with Gasteiger partial charge in [-0.2, -0.15) is 5.10 Å². The molecule has 3 aromatic rings. The lowest BCUT2D eigenvalue weighted by molar-refractivity contribution is 0.102. The van der Waals surface area contributed by atoms with Gasteiger partial charge >= 0.3 is 0 Å². The molecule has 2 heterocycles. The molecule has 23 heavy (non-hydrogen) atoms. The van der Waals surface area contributed by atoms with Crippen molar-refractivity contribution >= 4 is 11.6 Å². The van der Waals surface area contributed by atoms with Crippen LogP contribution < -0.4 is 10.9 Å². The van der Waals surface area contributed by atoms with E-state index in [1.807, 2.05) is 0 Å². The van der Waals surface area contributed by atoms with E-state index in [4.69, 9.17) is 0 Å². The summed E-state index contributed by atoms with van der Waals surface area (Å²) in [5.74, 6) is -0.387. The van der Waals surface area contributed by atoms with Crippen molar-refractivity contribution in [1.82, 2.24) is 30.0 Å². The van der Waals surface area contributed by atoms with Crippen molar-refractivity contribution in [1.29, 1.82) is 0 Å². The highest BCUT2D eigenvalue weighted by molar-refractivity contribution is 6.02. The molecule has 0 unspecified atom stereocenters. The molecule has 0 saturated heterocycles. The van der Waals surface area contributed by atoms with Crippen LogP contribution in [-0.2, 0) is 6.54 Å². The second-order valence-corrected chi connectivity index (χ2v) is 4.63. The Balaban J connectivity index is 1.76. The highest BCUT2D eigenvalue weighted by atomic mass is 16.2. The number of nitrogens with zero attached hydrogens (tertiary/aromatic N) is 6. The molecule has 0 aliphatic heterocycles. The summed E-state index contributed by atoms with van der Waals surface area (Å²) in [5, 5.41) is 17.6.